The average molecular weight is 378 g/mol. The number of rotatable bonds is 6. The average Bonchev–Trinajstić information content (AvgIpc) is 3.30. The highest BCUT2D eigenvalue weighted by atomic mass is 16.2. The number of carbonyl (C=O) groups is 1. The molecule has 0 aliphatic heterocycles. The van der Waals surface area contributed by atoms with Crippen LogP contribution in [0.25, 0.3) is 0 Å². The first-order chi connectivity index (χ1) is 13.7. The molecule has 2 N–H and O–H groups in total. The summed E-state index contributed by atoms with van der Waals surface area (Å²) in [6.45, 7) is 1.33. The van der Waals surface area contributed by atoms with Gasteiger partial charge in [0.1, 0.15) is 0 Å². The van der Waals surface area contributed by atoms with Gasteiger partial charge >= 0.3 is 6.03 Å². The van der Waals surface area contributed by atoms with Crippen LogP contribution in [0.2, 0.25) is 0 Å². The Morgan fingerprint density at radius 3 is 2.89 bits per heavy atom. The number of nitrogens with zero attached hydrogens (tertiary/aromatic N) is 4. The number of benzene rings is 1. The number of hydrogen-bond donors (Lipinski definition) is 2. The quantitative estimate of drug-likeness (QED) is 0.692. The molecule has 0 saturated carbocycles. The molecule has 7 nitrogen and oxygen atoms in total. The summed E-state index contributed by atoms with van der Waals surface area (Å²) >= 11 is 0. The summed E-state index contributed by atoms with van der Waals surface area (Å²) in [4.78, 5) is 12.3. The first-order valence-electron chi connectivity index (χ1n) is 9.80. The second-order valence-electron chi connectivity index (χ2n) is 7.27. The highest BCUT2D eigenvalue weighted by Gasteiger charge is 2.25. The molecule has 1 aliphatic carbocycles. The van der Waals surface area contributed by atoms with Gasteiger partial charge in [0.2, 0.25) is 0 Å². The lowest BCUT2D eigenvalue weighted by Crippen LogP contribution is -2.39. The molecule has 0 spiro atoms. The Labute approximate surface area is 164 Å². The molecule has 0 bridgehead atoms. The van der Waals surface area contributed by atoms with Crippen molar-refractivity contribution in [1.82, 2.24) is 30.2 Å². The van der Waals surface area contributed by atoms with Crippen molar-refractivity contribution in [3.05, 3.63) is 71.3 Å². The second kappa shape index (κ2) is 8.29. The summed E-state index contributed by atoms with van der Waals surface area (Å²) in [6.07, 6.45) is 7.53. The molecule has 3 aromatic rings. The van der Waals surface area contributed by atoms with E-state index in [2.05, 4.69) is 37.6 Å². The molecule has 1 aromatic carbocycles. The zero-order chi connectivity index (χ0) is 19.3. The number of aromatic nitrogens is 4. The molecule has 2 aromatic heterocycles. The Balaban J connectivity index is 1.34. The number of fused-ring (bicyclic) bond motifs is 1. The summed E-state index contributed by atoms with van der Waals surface area (Å²) in [5.41, 5.74) is 4.58. The van der Waals surface area contributed by atoms with Crippen LogP contribution in [0.1, 0.15) is 41.4 Å². The SMILES string of the molecule is Cn1ccc(CCNC(=O)NC2CCCc3c2cnn3Cc2ccccc2)n1. The molecule has 4 rings (SSSR count). The molecule has 0 radical (unpaired) electrons. The van der Waals surface area contributed by atoms with E-state index in [0.717, 1.165) is 43.5 Å². The predicted octanol–water partition coefficient (Wildman–Crippen LogP) is 2.58. The molecule has 1 atom stereocenters. The minimum atomic E-state index is -0.135. The highest BCUT2D eigenvalue weighted by molar-refractivity contribution is 5.74. The van der Waals surface area contributed by atoms with Gasteiger partial charge in [-0.3, -0.25) is 9.36 Å². The van der Waals surface area contributed by atoms with E-state index in [9.17, 15) is 4.79 Å². The second-order valence-corrected chi connectivity index (χ2v) is 7.27. The number of nitrogens with one attached hydrogen (secondary N) is 2. The van der Waals surface area contributed by atoms with Gasteiger partial charge < -0.3 is 10.6 Å². The topological polar surface area (TPSA) is 76.8 Å². The van der Waals surface area contributed by atoms with Crippen LogP contribution in [-0.2, 0) is 26.4 Å². The Morgan fingerprint density at radius 2 is 2.11 bits per heavy atom. The minimum Gasteiger partial charge on any atom is -0.338 e. The first kappa shape index (κ1) is 18.3. The van der Waals surface area contributed by atoms with Crippen LogP contribution in [0.5, 0.6) is 0 Å². The standard InChI is InChI=1S/C21H26N6O/c1-26-13-11-17(25-26)10-12-22-21(28)24-19-8-5-9-20-18(19)14-23-27(20)15-16-6-3-2-4-7-16/h2-4,6-7,11,13-14,19H,5,8-10,12,15H2,1H3,(H2,22,24,28). The molecule has 7 heteroatoms. The zero-order valence-electron chi connectivity index (χ0n) is 16.1. The normalized spacial score (nSPS) is 15.8. The Morgan fingerprint density at radius 1 is 1.25 bits per heavy atom. The van der Waals surface area contributed by atoms with Gasteiger partial charge in [0.25, 0.3) is 0 Å². The molecule has 146 valence electrons. The summed E-state index contributed by atoms with van der Waals surface area (Å²) < 4.78 is 3.84. The maximum atomic E-state index is 12.3. The third kappa shape index (κ3) is 4.24. The van der Waals surface area contributed by atoms with Crippen molar-refractivity contribution in [2.24, 2.45) is 7.05 Å². The smallest absolute Gasteiger partial charge is 0.315 e. The molecular weight excluding hydrogens is 352 g/mol. The molecule has 2 heterocycles. The fourth-order valence-electron chi connectivity index (χ4n) is 3.77. The van der Waals surface area contributed by atoms with Crippen molar-refractivity contribution in [1.29, 1.82) is 0 Å². The number of carbonyl (C=O) groups excluding carboxylic acids is 1. The van der Waals surface area contributed by atoms with E-state index in [0.29, 0.717) is 6.54 Å². The molecule has 1 unspecified atom stereocenters. The minimum absolute atomic E-state index is 0.0168. The van der Waals surface area contributed by atoms with Gasteiger partial charge in [0, 0.05) is 37.5 Å². The largest absolute Gasteiger partial charge is 0.338 e. The van der Waals surface area contributed by atoms with Crippen LogP contribution in [0.4, 0.5) is 4.79 Å². The van der Waals surface area contributed by atoms with E-state index in [-0.39, 0.29) is 12.1 Å². The summed E-state index contributed by atoms with van der Waals surface area (Å²) in [5, 5.41) is 15.0. The van der Waals surface area contributed by atoms with Gasteiger partial charge in [-0.25, -0.2) is 4.79 Å². The number of urea groups is 1. The van der Waals surface area contributed by atoms with E-state index in [1.54, 1.807) is 4.68 Å². The maximum absolute atomic E-state index is 12.3. The zero-order valence-corrected chi connectivity index (χ0v) is 16.1. The predicted molar refractivity (Wildman–Crippen MR) is 107 cm³/mol. The van der Waals surface area contributed by atoms with Crippen LogP contribution in [0.15, 0.2) is 48.8 Å². The van der Waals surface area contributed by atoms with Gasteiger partial charge in [0.15, 0.2) is 0 Å². The molecule has 0 saturated heterocycles. The maximum Gasteiger partial charge on any atom is 0.315 e. The van der Waals surface area contributed by atoms with E-state index in [1.807, 2.05) is 43.7 Å². The molecular formula is C21H26N6O. The van der Waals surface area contributed by atoms with Crippen LogP contribution < -0.4 is 10.6 Å². The summed E-state index contributed by atoms with van der Waals surface area (Å²) in [5.74, 6) is 0. The van der Waals surface area contributed by atoms with Crippen molar-refractivity contribution in [2.45, 2.75) is 38.3 Å². The summed E-state index contributed by atoms with van der Waals surface area (Å²) in [7, 11) is 1.89. The van der Waals surface area contributed by atoms with Gasteiger partial charge in [-0.1, -0.05) is 30.3 Å². The lowest BCUT2D eigenvalue weighted by molar-refractivity contribution is 0.235. The van der Waals surface area contributed by atoms with Crippen molar-refractivity contribution < 1.29 is 4.79 Å². The van der Waals surface area contributed by atoms with E-state index < -0.39 is 0 Å². The molecule has 1 aliphatic rings. The monoisotopic (exact) mass is 378 g/mol. The lowest BCUT2D eigenvalue weighted by atomic mass is 9.93. The Kier molecular flexibility index (Phi) is 5.41. The Bertz CT molecular complexity index is 930. The van der Waals surface area contributed by atoms with Gasteiger partial charge in [-0.05, 0) is 30.9 Å². The van der Waals surface area contributed by atoms with Crippen molar-refractivity contribution in [3.63, 3.8) is 0 Å². The van der Waals surface area contributed by atoms with E-state index in [1.165, 1.54) is 11.3 Å². The van der Waals surface area contributed by atoms with Crippen molar-refractivity contribution in [3.8, 4) is 0 Å². The van der Waals surface area contributed by atoms with Crippen LogP contribution in [-0.4, -0.2) is 32.1 Å². The van der Waals surface area contributed by atoms with E-state index in [4.69, 9.17) is 0 Å². The molecule has 28 heavy (non-hydrogen) atoms. The molecule has 0 fully saturated rings. The van der Waals surface area contributed by atoms with Crippen molar-refractivity contribution >= 4 is 6.03 Å². The lowest BCUT2D eigenvalue weighted by Gasteiger charge is -2.24. The molecule has 2 amide bonds. The fraction of sp³-hybridized carbons (Fsp3) is 0.381. The number of aryl methyl sites for hydroxylation is 1. The van der Waals surface area contributed by atoms with Crippen LogP contribution >= 0.6 is 0 Å². The number of amides is 2. The van der Waals surface area contributed by atoms with Gasteiger partial charge in [-0.15, -0.1) is 0 Å². The number of hydrogen-bond acceptors (Lipinski definition) is 3. The van der Waals surface area contributed by atoms with Gasteiger partial charge in [0.05, 0.1) is 24.5 Å². The van der Waals surface area contributed by atoms with Gasteiger partial charge in [-0.2, -0.15) is 10.2 Å². The van der Waals surface area contributed by atoms with Crippen LogP contribution in [0, 0.1) is 0 Å². The van der Waals surface area contributed by atoms with Crippen molar-refractivity contribution in [2.75, 3.05) is 6.54 Å². The highest BCUT2D eigenvalue weighted by Crippen LogP contribution is 2.29. The first-order valence-corrected chi connectivity index (χ1v) is 9.80. The third-order valence-corrected chi connectivity index (χ3v) is 5.18. The van der Waals surface area contributed by atoms with E-state index >= 15 is 0 Å². The van der Waals surface area contributed by atoms with Crippen LogP contribution in [0.3, 0.4) is 0 Å². The Hall–Kier alpha value is -3.09. The summed E-state index contributed by atoms with van der Waals surface area (Å²) in [6, 6.07) is 12.2. The third-order valence-electron chi connectivity index (χ3n) is 5.18. The fourth-order valence-corrected chi connectivity index (χ4v) is 3.77.